The second kappa shape index (κ2) is 8.39. The van der Waals surface area contributed by atoms with E-state index >= 15 is 0 Å². The van der Waals surface area contributed by atoms with Crippen molar-refractivity contribution in [3.8, 4) is 5.75 Å². The van der Waals surface area contributed by atoms with Gasteiger partial charge in [-0.15, -0.1) is 0 Å². The fraction of sp³-hybridized carbons (Fsp3) is 0.474. The lowest BCUT2D eigenvalue weighted by atomic mass is 10.0. The van der Waals surface area contributed by atoms with Gasteiger partial charge in [0.05, 0.1) is 5.56 Å². The van der Waals surface area contributed by atoms with Crippen molar-refractivity contribution in [3.05, 3.63) is 34.5 Å². The second-order valence-electron chi connectivity index (χ2n) is 7.42. The summed E-state index contributed by atoms with van der Waals surface area (Å²) in [5.41, 5.74) is -0.297. The van der Waals surface area contributed by atoms with Crippen LogP contribution in [0.5, 0.6) is 5.75 Å². The van der Waals surface area contributed by atoms with Crippen LogP contribution in [0.1, 0.15) is 49.5 Å². The van der Waals surface area contributed by atoms with Gasteiger partial charge in [-0.3, -0.25) is 19.7 Å². The van der Waals surface area contributed by atoms with E-state index in [-0.39, 0.29) is 29.2 Å². The van der Waals surface area contributed by atoms with Crippen LogP contribution < -0.4 is 10.1 Å². The van der Waals surface area contributed by atoms with Crippen molar-refractivity contribution in [1.29, 1.82) is 0 Å². The molecule has 1 aliphatic heterocycles. The maximum Gasteiger partial charge on any atom is 0.344 e. The number of carbonyl (C=O) groups is 4. The van der Waals surface area contributed by atoms with E-state index in [4.69, 9.17) is 9.47 Å². The number of esters is 1. The molecule has 1 fully saturated rings. The first-order chi connectivity index (χ1) is 13.0. The van der Waals surface area contributed by atoms with E-state index in [9.17, 15) is 24.4 Å². The van der Waals surface area contributed by atoms with Gasteiger partial charge in [-0.1, -0.05) is 12.1 Å². The molecule has 152 valence electrons. The fourth-order valence-electron chi connectivity index (χ4n) is 2.70. The third kappa shape index (κ3) is 5.29. The maximum atomic E-state index is 12.7. The predicted molar refractivity (Wildman–Crippen MR) is 98.2 cm³/mol. The van der Waals surface area contributed by atoms with Gasteiger partial charge in [0.15, 0.2) is 6.61 Å². The molecule has 0 radical (unpaired) electrons. The van der Waals surface area contributed by atoms with Crippen molar-refractivity contribution in [2.75, 3.05) is 6.61 Å². The number of hydrogen-bond acceptors (Lipinski definition) is 7. The lowest BCUT2D eigenvalue weighted by molar-refractivity contribution is -0.157. The molecule has 1 heterocycles. The van der Waals surface area contributed by atoms with E-state index in [0.717, 1.165) is 0 Å². The highest BCUT2D eigenvalue weighted by molar-refractivity contribution is 6.05. The van der Waals surface area contributed by atoms with Crippen LogP contribution in [0.2, 0.25) is 0 Å². The molecule has 2 rings (SSSR count). The summed E-state index contributed by atoms with van der Waals surface area (Å²) < 4.78 is 10.6. The molecule has 9 nitrogen and oxygen atoms in total. The maximum absolute atomic E-state index is 12.7. The third-order valence-electron chi connectivity index (χ3n) is 3.91. The lowest BCUT2D eigenvalue weighted by Crippen LogP contribution is -2.52. The van der Waals surface area contributed by atoms with Crippen molar-refractivity contribution >= 4 is 23.7 Å². The van der Waals surface area contributed by atoms with Crippen LogP contribution >= 0.6 is 0 Å². The molecule has 1 saturated heterocycles. The molecule has 9 heteroatoms. The summed E-state index contributed by atoms with van der Waals surface area (Å²) in [4.78, 5) is 47.7. The van der Waals surface area contributed by atoms with E-state index in [1.807, 2.05) is 5.32 Å². The van der Waals surface area contributed by atoms with Gasteiger partial charge in [-0.25, -0.2) is 4.79 Å². The molecule has 1 unspecified atom stereocenters. The van der Waals surface area contributed by atoms with Crippen molar-refractivity contribution in [1.82, 2.24) is 10.4 Å². The summed E-state index contributed by atoms with van der Waals surface area (Å²) in [6.45, 7) is 6.29. The highest BCUT2D eigenvalue weighted by atomic mass is 16.6. The zero-order valence-corrected chi connectivity index (χ0v) is 16.2. The Morgan fingerprint density at radius 2 is 1.96 bits per heavy atom. The van der Waals surface area contributed by atoms with Crippen LogP contribution in [0.4, 0.5) is 0 Å². The normalized spacial score (nSPS) is 17.0. The number of amides is 3. The van der Waals surface area contributed by atoms with Crippen LogP contribution in [0.15, 0.2) is 18.2 Å². The van der Waals surface area contributed by atoms with E-state index in [1.165, 1.54) is 6.07 Å². The Hall–Kier alpha value is -2.94. The van der Waals surface area contributed by atoms with Gasteiger partial charge < -0.3 is 19.7 Å². The minimum atomic E-state index is -1.30. The van der Waals surface area contributed by atoms with Gasteiger partial charge in [0, 0.05) is 6.42 Å². The van der Waals surface area contributed by atoms with E-state index in [2.05, 4.69) is 0 Å². The number of carbonyl (C=O) groups excluding carboxylic acids is 4. The average Bonchev–Trinajstić information content (AvgIpc) is 2.57. The second-order valence-corrected chi connectivity index (χ2v) is 7.42. The molecule has 1 aromatic carbocycles. The van der Waals surface area contributed by atoms with Crippen molar-refractivity contribution < 1.29 is 28.7 Å². The Balaban J connectivity index is 2.18. The number of aryl methyl sites for hydroxylation is 1. The molecule has 0 bridgehead atoms. The average molecular weight is 391 g/mol. The molecule has 1 N–H and O–H groups in total. The Labute approximate surface area is 162 Å². The Morgan fingerprint density at radius 1 is 1.29 bits per heavy atom. The standard InChI is InChI=1S/C19H23N2O7/c1-11-6-5-7-13(27-10-15(23)28-19(2,3)4)16(11)18(25)21(26)12-8-9-14(22)20-17(12)24/h5-7,12H,8-10H2,1-4H3,(H,20,22,24)/q-1. The van der Waals surface area contributed by atoms with Gasteiger partial charge in [-0.05, 0) is 45.7 Å². The first-order valence-corrected chi connectivity index (χ1v) is 8.78. The summed E-state index contributed by atoms with van der Waals surface area (Å²) in [5.74, 6) is -2.88. The molecule has 1 atom stereocenters. The smallest absolute Gasteiger partial charge is 0.344 e. The minimum absolute atomic E-state index is 0.0296. The summed E-state index contributed by atoms with van der Waals surface area (Å²) >= 11 is 0. The highest BCUT2D eigenvalue weighted by Gasteiger charge is 2.31. The largest absolute Gasteiger partial charge is 0.755 e. The Morgan fingerprint density at radius 3 is 2.57 bits per heavy atom. The number of hydrogen-bond donors (Lipinski definition) is 1. The number of hydroxylamine groups is 2. The van der Waals surface area contributed by atoms with Crippen LogP contribution in [0, 0.1) is 12.1 Å². The number of ether oxygens (including phenoxy) is 2. The third-order valence-corrected chi connectivity index (χ3v) is 3.91. The van der Waals surface area contributed by atoms with Crippen LogP contribution in [0.25, 0.3) is 0 Å². The topological polar surface area (TPSA) is 125 Å². The summed E-state index contributed by atoms with van der Waals surface area (Å²) in [6.07, 6.45) is -0.0852. The Kier molecular flexibility index (Phi) is 6.40. The minimum Gasteiger partial charge on any atom is -0.755 e. The van der Waals surface area contributed by atoms with E-state index < -0.39 is 41.9 Å². The number of benzene rings is 1. The molecule has 1 aliphatic rings. The van der Waals surface area contributed by atoms with Crippen LogP contribution in [0.3, 0.4) is 0 Å². The van der Waals surface area contributed by atoms with E-state index in [1.54, 1.807) is 39.8 Å². The molecule has 0 aromatic heterocycles. The molecule has 0 spiro atoms. The van der Waals surface area contributed by atoms with Crippen molar-refractivity contribution in [2.24, 2.45) is 0 Å². The zero-order chi connectivity index (χ0) is 21.1. The molecular weight excluding hydrogens is 368 g/mol. The molecular formula is C19H23N2O7-. The van der Waals surface area contributed by atoms with Crippen molar-refractivity contribution in [2.45, 2.75) is 52.2 Å². The highest BCUT2D eigenvalue weighted by Crippen LogP contribution is 2.26. The van der Waals surface area contributed by atoms with Crippen LogP contribution in [-0.2, 0) is 19.1 Å². The molecule has 3 amide bonds. The summed E-state index contributed by atoms with van der Waals surface area (Å²) in [7, 11) is 0. The SMILES string of the molecule is Cc1cccc(OCC(=O)OC(C)(C)C)c1C(=O)N([O-])C1CCC(=O)NC1=O. The van der Waals surface area contributed by atoms with Gasteiger partial charge in [0.2, 0.25) is 17.7 Å². The summed E-state index contributed by atoms with van der Waals surface area (Å²) in [5, 5.41) is 14.6. The van der Waals surface area contributed by atoms with Gasteiger partial charge >= 0.3 is 5.97 Å². The van der Waals surface area contributed by atoms with Crippen LogP contribution in [-0.4, -0.2) is 47.0 Å². The molecule has 0 aliphatic carbocycles. The Bertz CT molecular complexity index is 798. The summed E-state index contributed by atoms with van der Waals surface area (Å²) in [6, 6.07) is 3.36. The predicted octanol–water partition coefficient (Wildman–Crippen LogP) is 1.46. The fourth-order valence-corrected chi connectivity index (χ4v) is 2.70. The lowest BCUT2D eigenvalue weighted by Gasteiger charge is -2.38. The number of nitrogens with one attached hydrogen (secondary N) is 1. The van der Waals surface area contributed by atoms with Crippen molar-refractivity contribution in [3.63, 3.8) is 0 Å². The first kappa shape index (κ1) is 21.4. The number of nitrogens with zero attached hydrogens (tertiary/aromatic N) is 1. The molecule has 28 heavy (non-hydrogen) atoms. The van der Waals surface area contributed by atoms with Gasteiger partial charge in [-0.2, -0.15) is 0 Å². The molecule has 0 saturated carbocycles. The zero-order valence-electron chi connectivity index (χ0n) is 16.2. The number of piperidine rings is 1. The quantitative estimate of drug-likeness (QED) is 0.457. The monoisotopic (exact) mass is 391 g/mol. The van der Waals surface area contributed by atoms with Gasteiger partial charge in [0.1, 0.15) is 17.4 Å². The van der Waals surface area contributed by atoms with E-state index in [0.29, 0.717) is 5.56 Å². The number of rotatable bonds is 5. The van der Waals surface area contributed by atoms with Gasteiger partial charge in [0.25, 0.3) is 0 Å². The molecule has 1 aromatic rings. The first-order valence-electron chi connectivity index (χ1n) is 8.78. The number of imide groups is 1.